The molecule has 0 saturated carbocycles. The molecule has 0 fully saturated rings. The van der Waals surface area contributed by atoms with Crippen LogP contribution in [-0.2, 0) is 6.42 Å². The minimum Gasteiger partial charge on any atom is -0.507 e. The first kappa shape index (κ1) is 12.7. The second-order valence-corrected chi connectivity index (χ2v) is 4.63. The van der Waals surface area contributed by atoms with Crippen LogP contribution in [0.15, 0.2) is 42.5 Å². The molecule has 0 spiro atoms. The Morgan fingerprint density at radius 3 is 2.50 bits per heavy atom. The Morgan fingerprint density at radius 2 is 1.83 bits per heavy atom. The second-order valence-electron chi connectivity index (χ2n) is 4.20. The van der Waals surface area contributed by atoms with Gasteiger partial charge in [0, 0.05) is 11.4 Å². The topological polar surface area (TPSA) is 37.3 Å². The summed E-state index contributed by atoms with van der Waals surface area (Å²) in [4.78, 5) is 12.1. The molecule has 0 bridgehead atoms. The lowest BCUT2D eigenvalue weighted by Crippen LogP contribution is -2.04. The van der Waals surface area contributed by atoms with Crippen molar-refractivity contribution in [2.75, 3.05) is 0 Å². The molecule has 0 amide bonds. The zero-order chi connectivity index (χ0) is 13.1. The Morgan fingerprint density at radius 1 is 1.17 bits per heavy atom. The van der Waals surface area contributed by atoms with Crippen molar-refractivity contribution in [3.8, 4) is 5.75 Å². The Bertz CT molecular complexity index is 574. The van der Waals surface area contributed by atoms with Gasteiger partial charge < -0.3 is 5.11 Å². The van der Waals surface area contributed by atoms with Gasteiger partial charge in [-0.1, -0.05) is 35.9 Å². The lowest BCUT2D eigenvalue weighted by Gasteiger charge is -2.06. The number of carbonyl (C=O) groups is 1. The van der Waals surface area contributed by atoms with Crippen molar-refractivity contribution in [3.05, 3.63) is 64.2 Å². The van der Waals surface area contributed by atoms with Gasteiger partial charge in [-0.05, 0) is 36.2 Å². The van der Waals surface area contributed by atoms with E-state index in [9.17, 15) is 9.90 Å². The fourth-order valence-electron chi connectivity index (χ4n) is 1.77. The smallest absolute Gasteiger partial charge is 0.170 e. The Hall–Kier alpha value is -1.80. The first-order valence-corrected chi connectivity index (χ1v) is 6.02. The molecule has 0 aliphatic heterocycles. The molecule has 0 radical (unpaired) electrons. The summed E-state index contributed by atoms with van der Waals surface area (Å²) in [6.07, 6.45) is 0.258. The molecule has 0 atom stereocenters. The average molecular weight is 261 g/mol. The molecular weight excluding hydrogens is 248 g/mol. The van der Waals surface area contributed by atoms with Gasteiger partial charge in [-0.3, -0.25) is 4.79 Å². The van der Waals surface area contributed by atoms with Gasteiger partial charge in [-0.2, -0.15) is 0 Å². The van der Waals surface area contributed by atoms with Gasteiger partial charge in [0.15, 0.2) is 5.78 Å². The number of aromatic hydroxyl groups is 1. The number of phenolic OH excluding ortho intramolecular Hbond substituents is 1. The van der Waals surface area contributed by atoms with Crippen molar-refractivity contribution in [2.45, 2.75) is 13.3 Å². The normalized spacial score (nSPS) is 10.3. The summed E-state index contributed by atoms with van der Waals surface area (Å²) >= 11 is 5.79. The summed E-state index contributed by atoms with van der Waals surface area (Å²) in [7, 11) is 0. The van der Waals surface area contributed by atoms with Gasteiger partial charge in [0.25, 0.3) is 0 Å². The first-order valence-electron chi connectivity index (χ1n) is 5.64. The predicted octanol–water partition coefficient (Wildman–Crippen LogP) is 3.78. The molecule has 0 aliphatic rings. The molecular formula is C15H13ClO2. The molecule has 0 saturated heterocycles. The number of halogens is 1. The van der Waals surface area contributed by atoms with Gasteiger partial charge in [0.2, 0.25) is 0 Å². The minimum absolute atomic E-state index is 0.0662. The first-order chi connectivity index (χ1) is 8.58. The molecule has 2 aromatic carbocycles. The number of phenols is 1. The van der Waals surface area contributed by atoms with Gasteiger partial charge in [-0.25, -0.2) is 0 Å². The molecule has 18 heavy (non-hydrogen) atoms. The van der Waals surface area contributed by atoms with Crippen LogP contribution in [0.1, 0.15) is 21.5 Å². The van der Waals surface area contributed by atoms with Crippen LogP contribution >= 0.6 is 11.6 Å². The Labute approximate surface area is 111 Å². The van der Waals surface area contributed by atoms with Crippen LogP contribution in [0.25, 0.3) is 0 Å². The van der Waals surface area contributed by atoms with Crippen molar-refractivity contribution in [1.82, 2.24) is 0 Å². The third-order valence-corrected chi connectivity index (χ3v) is 3.07. The number of rotatable bonds is 3. The van der Waals surface area contributed by atoms with Crippen molar-refractivity contribution < 1.29 is 9.90 Å². The van der Waals surface area contributed by atoms with Crippen LogP contribution in [0.2, 0.25) is 5.02 Å². The Kier molecular flexibility index (Phi) is 3.68. The minimum atomic E-state index is -0.0986. The molecule has 0 aromatic heterocycles. The van der Waals surface area contributed by atoms with E-state index in [1.165, 1.54) is 0 Å². The highest BCUT2D eigenvalue weighted by molar-refractivity contribution is 6.30. The fraction of sp³-hybridized carbons (Fsp3) is 0.133. The molecule has 2 aromatic rings. The lowest BCUT2D eigenvalue weighted by molar-refractivity contribution is 0.0990. The number of carbonyl (C=O) groups excluding carboxylic acids is 1. The highest BCUT2D eigenvalue weighted by Crippen LogP contribution is 2.23. The van der Waals surface area contributed by atoms with Crippen molar-refractivity contribution in [3.63, 3.8) is 0 Å². The van der Waals surface area contributed by atoms with Crippen LogP contribution in [0.5, 0.6) is 5.75 Å². The Balaban J connectivity index is 2.22. The van der Waals surface area contributed by atoms with E-state index in [0.29, 0.717) is 16.1 Å². The quantitative estimate of drug-likeness (QED) is 0.853. The van der Waals surface area contributed by atoms with E-state index in [0.717, 1.165) is 5.56 Å². The molecule has 2 nitrogen and oxygen atoms in total. The molecule has 1 N–H and O–H groups in total. The van der Waals surface area contributed by atoms with Crippen LogP contribution < -0.4 is 0 Å². The van der Waals surface area contributed by atoms with E-state index in [1.54, 1.807) is 37.3 Å². The van der Waals surface area contributed by atoms with E-state index in [1.807, 2.05) is 12.1 Å². The maximum Gasteiger partial charge on any atom is 0.170 e. The van der Waals surface area contributed by atoms with Crippen LogP contribution in [0.3, 0.4) is 0 Å². The monoisotopic (exact) mass is 260 g/mol. The number of aryl methyl sites for hydroxylation is 1. The number of ketones is 1. The van der Waals surface area contributed by atoms with Gasteiger partial charge in [0.1, 0.15) is 5.75 Å². The summed E-state index contributed by atoms with van der Waals surface area (Å²) in [6, 6.07) is 12.3. The number of benzene rings is 2. The van der Waals surface area contributed by atoms with Gasteiger partial charge in [0.05, 0.1) is 5.56 Å². The van der Waals surface area contributed by atoms with E-state index < -0.39 is 0 Å². The van der Waals surface area contributed by atoms with Crippen molar-refractivity contribution >= 4 is 17.4 Å². The van der Waals surface area contributed by atoms with Gasteiger partial charge >= 0.3 is 0 Å². The fourth-order valence-corrected chi connectivity index (χ4v) is 1.89. The van der Waals surface area contributed by atoms with E-state index in [4.69, 9.17) is 11.6 Å². The average Bonchev–Trinajstić information content (AvgIpc) is 2.35. The summed E-state index contributed by atoms with van der Waals surface area (Å²) < 4.78 is 0. The zero-order valence-corrected chi connectivity index (χ0v) is 10.7. The highest BCUT2D eigenvalue weighted by atomic mass is 35.5. The molecule has 2 rings (SSSR count). The van der Waals surface area contributed by atoms with Crippen molar-refractivity contribution in [2.24, 2.45) is 0 Å². The van der Waals surface area contributed by atoms with E-state index in [2.05, 4.69) is 0 Å². The standard InChI is InChI=1S/C15H13ClO2/c1-10-3-2-4-13(15(10)18)14(17)9-11-5-7-12(16)8-6-11/h2-8,18H,9H2,1H3. The highest BCUT2D eigenvalue weighted by Gasteiger charge is 2.12. The molecule has 92 valence electrons. The summed E-state index contributed by atoms with van der Waals surface area (Å²) in [5.41, 5.74) is 1.95. The number of hydrogen-bond donors (Lipinski definition) is 1. The molecule has 0 aliphatic carbocycles. The van der Waals surface area contributed by atoms with E-state index >= 15 is 0 Å². The second kappa shape index (κ2) is 5.23. The molecule has 0 unspecified atom stereocenters. The maximum absolute atomic E-state index is 12.1. The number of para-hydroxylation sites is 1. The third-order valence-electron chi connectivity index (χ3n) is 2.82. The van der Waals surface area contributed by atoms with Gasteiger partial charge in [-0.15, -0.1) is 0 Å². The largest absolute Gasteiger partial charge is 0.507 e. The summed E-state index contributed by atoms with van der Waals surface area (Å²) in [6.45, 7) is 1.77. The van der Waals surface area contributed by atoms with Crippen molar-refractivity contribution in [1.29, 1.82) is 0 Å². The lowest BCUT2D eigenvalue weighted by atomic mass is 10.0. The molecule has 0 heterocycles. The van der Waals surface area contributed by atoms with Crippen LogP contribution in [0.4, 0.5) is 0 Å². The van der Waals surface area contributed by atoms with E-state index in [-0.39, 0.29) is 18.0 Å². The zero-order valence-electron chi connectivity index (χ0n) is 9.98. The number of Topliss-reactive ketones (excluding diaryl/α,β-unsaturated/α-hetero) is 1. The van der Waals surface area contributed by atoms with Crippen LogP contribution in [0, 0.1) is 6.92 Å². The summed E-state index contributed by atoms with van der Waals surface area (Å²) in [5, 5.41) is 10.5. The number of hydrogen-bond acceptors (Lipinski definition) is 2. The predicted molar refractivity (Wildman–Crippen MR) is 72.3 cm³/mol. The summed E-state index contributed by atoms with van der Waals surface area (Å²) in [5.74, 6) is -0.0324. The molecule has 3 heteroatoms. The van der Waals surface area contributed by atoms with Crippen LogP contribution in [-0.4, -0.2) is 10.9 Å². The maximum atomic E-state index is 12.1. The SMILES string of the molecule is Cc1cccc(C(=O)Cc2ccc(Cl)cc2)c1O. The third kappa shape index (κ3) is 2.71.